The molecule has 0 fully saturated rings. The Labute approximate surface area is 150 Å². The lowest BCUT2D eigenvalue weighted by atomic mass is 10.1. The quantitative estimate of drug-likeness (QED) is 0.220. The highest BCUT2D eigenvalue weighted by atomic mass is 32.2. The molecule has 10 nitrogen and oxygen atoms in total. The molecule has 0 spiro atoms. The zero-order chi connectivity index (χ0) is 19.6. The molecular weight excluding hydrogens is 352 g/mol. The highest BCUT2D eigenvalue weighted by Gasteiger charge is 2.30. The van der Waals surface area contributed by atoms with E-state index in [0.717, 1.165) is 0 Å². The average molecular weight is 378 g/mol. The fourth-order valence-corrected chi connectivity index (χ4v) is 2.33. The molecule has 0 aromatic carbocycles. The van der Waals surface area contributed by atoms with E-state index in [1.807, 2.05) is 6.26 Å². The van der Waals surface area contributed by atoms with E-state index < -0.39 is 47.9 Å². The summed E-state index contributed by atoms with van der Waals surface area (Å²) in [5.74, 6) is -2.84. The van der Waals surface area contributed by atoms with Crippen LogP contribution >= 0.6 is 11.8 Å². The van der Waals surface area contributed by atoms with E-state index in [1.165, 1.54) is 18.7 Å². The van der Waals surface area contributed by atoms with Crippen LogP contribution in [0.1, 0.15) is 26.2 Å². The molecule has 0 unspecified atom stereocenters. The second-order valence-corrected chi connectivity index (χ2v) is 6.50. The molecule has 0 bridgehead atoms. The van der Waals surface area contributed by atoms with Crippen LogP contribution in [0.4, 0.5) is 0 Å². The zero-order valence-electron chi connectivity index (χ0n) is 14.2. The van der Waals surface area contributed by atoms with E-state index >= 15 is 0 Å². The molecule has 4 atom stereocenters. The molecule has 0 heterocycles. The predicted octanol–water partition coefficient (Wildman–Crippen LogP) is -2.23. The number of aliphatic carboxylic acids is 1. The number of carbonyl (C=O) groups excluding carboxylic acids is 3. The molecule has 0 aromatic heterocycles. The largest absolute Gasteiger partial charge is 0.480 e. The molecule has 0 rings (SSSR count). The van der Waals surface area contributed by atoms with Crippen LogP contribution in [-0.4, -0.2) is 70.1 Å². The minimum Gasteiger partial charge on any atom is -0.480 e. The van der Waals surface area contributed by atoms with E-state index in [4.69, 9.17) is 16.6 Å². The van der Waals surface area contributed by atoms with Gasteiger partial charge in [-0.2, -0.15) is 11.8 Å². The summed E-state index contributed by atoms with van der Waals surface area (Å²) >= 11 is 1.44. The van der Waals surface area contributed by atoms with Crippen LogP contribution in [0, 0.1) is 0 Å². The van der Waals surface area contributed by atoms with Gasteiger partial charge in [0, 0.05) is 6.42 Å². The van der Waals surface area contributed by atoms with Gasteiger partial charge in [0.1, 0.15) is 6.04 Å². The average Bonchev–Trinajstić information content (AvgIpc) is 2.52. The normalized spacial score (nSPS) is 15.5. The number of primary amides is 1. The Balaban J connectivity index is 4.92. The number of hydrogen-bond acceptors (Lipinski definition) is 7. The van der Waals surface area contributed by atoms with Gasteiger partial charge in [0.25, 0.3) is 0 Å². The third-order valence-electron chi connectivity index (χ3n) is 3.33. The fraction of sp³-hybridized carbons (Fsp3) is 0.714. The Morgan fingerprint density at radius 3 is 2.16 bits per heavy atom. The first-order valence-electron chi connectivity index (χ1n) is 7.64. The molecule has 0 aliphatic heterocycles. The fourth-order valence-electron chi connectivity index (χ4n) is 1.85. The van der Waals surface area contributed by atoms with Crippen LogP contribution < -0.4 is 22.1 Å². The molecule has 3 amide bonds. The predicted molar refractivity (Wildman–Crippen MR) is 92.6 cm³/mol. The Hall–Kier alpha value is -1.85. The van der Waals surface area contributed by atoms with Crippen molar-refractivity contribution in [3.05, 3.63) is 0 Å². The molecule has 11 heteroatoms. The number of carboxylic acid groups (broad SMARTS) is 1. The highest BCUT2D eigenvalue weighted by molar-refractivity contribution is 7.98. The number of nitrogens with one attached hydrogen (secondary N) is 2. The van der Waals surface area contributed by atoms with E-state index in [2.05, 4.69) is 10.6 Å². The molecule has 8 N–H and O–H groups in total. The standard InChI is InChI=1S/C14H26N4O6S/c1-7(19)11(14(23)24)18-13(22)9(5-6-25-2)17-12(21)8(15)3-4-10(16)20/h7-9,11,19H,3-6,15H2,1-2H3,(H2,16,20)(H,17,21)(H,18,22)(H,23,24)/t7-,8+,9+,11+/m1/s1. The van der Waals surface area contributed by atoms with Gasteiger partial charge in [-0.05, 0) is 31.8 Å². The molecule has 0 saturated heterocycles. The van der Waals surface area contributed by atoms with Crippen molar-refractivity contribution in [2.75, 3.05) is 12.0 Å². The first-order chi connectivity index (χ1) is 11.6. The SMILES string of the molecule is CSCC[C@H](NC(=O)[C@@H](N)CCC(N)=O)C(=O)N[C@H](C(=O)O)[C@@H](C)O. The lowest BCUT2D eigenvalue weighted by molar-refractivity contribution is -0.145. The Bertz CT molecular complexity index is 488. The number of aliphatic hydroxyl groups excluding tert-OH is 1. The summed E-state index contributed by atoms with van der Waals surface area (Å²) < 4.78 is 0. The maximum Gasteiger partial charge on any atom is 0.328 e. The van der Waals surface area contributed by atoms with Crippen molar-refractivity contribution in [1.29, 1.82) is 0 Å². The molecule has 25 heavy (non-hydrogen) atoms. The van der Waals surface area contributed by atoms with Gasteiger partial charge >= 0.3 is 5.97 Å². The number of nitrogens with two attached hydrogens (primary N) is 2. The lowest BCUT2D eigenvalue weighted by Crippen LogP contribution is -2.56. The van der Waals surface area contributed by atoms with Crippen molar-refractivity contribution in [2.24, 2.45) is 11.5 Å². The topological polar surface area (TPSA) is 185 Å². The Morgan fingerprint density at radius 1 is 1.12 bits per heavy atom. The van der Waals surface area contributed by atoms with E-state index in [-0.39, 0.29) is 19.3 Å². The van der Waals surface area contributed by atoms with Crippen molar-refractivity contribution in [2.45, 2.75) is 50.4 Å². The van der Waals surface area contributed by atoms with Gasteiger partial charge in [-0.25, -0.2) is 4.79 Å². The number of carbonyl (C=O) groups is 4. The van der Waals surface area contributed by atoms with Gasteiger partial charge < -0.3 is 32.3 Å². The smallest absolute Gasteiger partial charge is 0.328 e. The maximum atomic E-state index is 12.3. The van der Waals surface area contributed by atoms with Crippen molar-refractivity contribution in [3.8, 4) is 0 Å². The van der Waals surface area contributed by atoms with Crippen molar-refractivity contribution < 1.29 is 29.4 Å². The van der Waals surface area contributed by atoms with Crippen LogP contribution in [0.25, 0.3) is 0 Å². The van der Waals surface area contributed by atoms with Crippen molar-refractivity contribution in [3.63, 3.8) is 0 Å². The first-order valence-corrected chi connectivity index (χ1v) is 9.04. The van der Waals surface area contributed by atoms with Crippen molar-refractivity contribution >= 4 is 35.5 Å². The van der Waals surface area contributed by atoms with Gasteiger partial charge in [-0.1, -0.05) is 0 Å². The number of hydrogen-bond donors (Lipinski definition) is 6. The number of carboxylic acids is 1. The molecule has 144 valence electrons. The summed E-state index contributed by atoms with van der Waals surface area (Å²) in [5, 5.41) is 23.1. The minimum atomic E-state index is -1.50. The highest BCUT2D eigenvalue weighted by Crippen LogP contribution is 2.04. The number of amides is 3. The summed E-state index contributed by atoms with van der Waals surface area (Å²) in [6, 6.07) is -3.53. The third kappa shape index (κ3) is 9.27. The number of thioether (sulfide) groups is 1. The zero-order valence-corrected chi connectivity index (χ0v) is 15.0. The van der Waals surface area contributed by atoms with E-state index in [1.54, 1.807) is 0 Å². The second kappa shape index (κ2) is 11.7. The monoisotopic (exact) mass is 378 g/mol. The minimum absolute atomic E-state index is 0.0312. The van der Waals surface area contributed by atoms with Gasteiger partial charge in [0.15, 0.2) is 6.04 Å². The van der Waals surface area contributed by atoms with Gasteiger partial charge in [0.2, 0.25) is 17.7 Å². The van der Waals surface area contributed by atoms with Crippen LogP contribution in [0.2, 0.25) is 0 Å². The van der Waals surface area contributed by atoms with Gasteiger partial charge in [-0.3, -0.25) is 14.4 Å². The summed E-state index contributed by atoms with van der Waals surface area (Å²) in [6.07, 6.45) is 0.706. The molecule has 0 radical (unpaired) electrons. The summed E-state index contributed by atoms with van der Waals surface area (Å²) in [6.45, 7) is 1.23. The van der Waals surface area contributed by atoms with Crippen LogP contribution in [0.5, 0.6) is 0 Å². The Kier molecular flexibility index (Phi) is 10.8. The van der Waals surface area contributed by atoms with Crippen LogP contribution in [-0.2, 0) is 19.2 Å². The molecular formula is C14H26N4O6S. The van der Waals surface area contributed by atoms with Crippen molar-refractivity contribution in [1.82, 2.24) is 10.6 Å². The lowest BCUT2D eigenvalue weighted by Gasteiger charge is -2.23. The molecule has 0 aromatic rings. The summed E-state index contributed by atoms with van der Waals surface area (Å²) in [5.41, 5.74) is 10.6. The van der Waals surface area contributed by atoms with Gasteiger partial charge in [-0.15, -0.1) is 0 Å². The summed E-state index contributed by atoms with van der Waals surface area (Å²) in [7, 11) is 0. The first kappa shape index (κ1) is 23.1. The number of rotatable bonds is 12. The summed E-state index contributed by atoms with van der Waals surface area (Å²) in [4.78, 5) is 46.1. The van der Waals surface area contributed by atoms with E-state index in [0.29, 0.717) is 5.75 Å². The Morgan fingerprint density at radius 2 is 1.72 bits per heavy atom. The van der Waals surface area contributed by atoms with E-state index in [9.17, 15) is 24.3 Å². The molecule has 0 aliphatic rings. The maximum absolute atomic E-state index is 12.3. The third-order valence-corrected chi connectivity index (χ3v) is 3.97. The van der Waals surface area contributed by atoms with Crippen LogP contribution in [0.15, 0.2) is 0 Å². The van der Waals surface area contributed by atoms with Gasteiger partial charge in [0.05, 0.1) is 12.1 Å². The molecule has 0 aliphatic carbocycles. The second-order valence-electron chi connectivity index (χ2n) is 5.52. The number of aliphatic hydroxyl groups is 1. The van der Waals surface area contributed by atoms with Crippen LogP contribution in [0.3, 0.4) is 0 Å². The molecule has 0 saturated carbocycles.